The number of ether oxygens (including phenoxy) is 2. The van der Waals surface area contributed by atoms with Gasteiger partial charge >= 0.3 is 0 Å². The third-order valence-electron chi connectivity index (χ3n) is 7.29. The first-order valence-electron chi connectivity index (χ1n) is 12.1. The van der Waals surface area contributed by atoms with E-state index in [4.69, 9.17) is 9.47 Å². The van der Waals surface area contributed by atoms with E-state index in [0.29, 0.717) is 26.2 Å². The van der Waals surface area contributed by atoms with Crippen molar-refractivity contribution in [3.8, 4) is 5.75 Å². The number of hydrogen-bond donors (Lipinski definition) is 1. The maximum atomic E-state index is 13.2. The van der Waals surface area contributed by atoms with E-state index in [2.05, 4.69) is 13.0 Å². The summed E-state index contributed by atoms with van der Waals surface area (Å²) in [5.41, 5.74) is 4.62. The summed E-state index contributed by atoms with van der Waals surface area (Å²) in [6.07, 6.45) is 6.07. The van der Waals surface area contributed by atoms with Crippen LogP contribution in [0, 0.1) is 17.8 Å². The summed E-state index contributed by atoms with van der Waals surface area (Å²) in [5.74, 6) is -0.379. The highest BCUT2D eigenvalue weighted by atomic mass is 16.5. The van der Waals surface area contributed by atoms with Gasteiger partial charge in [0.1, 0.15) is 5.75 Å². The van der Waals surface area contributed by atoms with Crippen molar-refractivity contribution >= 4 is 17.9 Å². The van der Waals surface area contributed by atoms with Crippen LogP contribution in [0.5, 0.6) is 5.75 Å². The summed E-state index contributed by atoms with van der Waals surface area (Å²) in [7, 11) is 1.68. The first-order chi connectivity index (χ1) is 16.0. The maximum absolute atomic E-state index is 13.2. The Kier molecular flexibility index (Phi) is 7.35. The second kappa shape index (κ2) is 10.2. The van der Waals surface area contributed by atoms with Gasteiger partial charge in [0.25, 0.3) is 0 Å². The van der Waals surface area contributed by atoms with Crippen LogP contribution in [0.15, 0.2) is 41.0 Å². The molecule has 2 amide bonds. The first-order valence-corrected chi connectivity index (χ1v) is 12.1. The zero-order valence-corrected chi connectivity index (χ0v) is 19.9. The van der Waals surface area contributed by atoms with Crippen LogP contribution in [0.25, 0.3) is 6.08 Å². The smallest absolute Gasteiger partial charge is 0.233 e. The average Bonchev–Trinajstić information content (AvgIpc) is 3.32. The zero-order chi connectivity index (χ0) is 23.5. The molecule has 0 radical (unpaired) electrons. The number of likely N-dealkylation sites (tertiary alicyclic amines) is 1. The molecule has 1 aromatic carbocycles. The number of rotatable bonds is 9. The molecule has 2 aliphatic heterocycles. The van der Waals surface area contributed by atoms with Gasteiger partial charge in [0.15, 0.2) is 0 Å². The molecule has 1 aliphatic carbocycles. The van der Waals surface area contributed by atoms with Gasteiger partial charge in [-0.2, -0.15) is 0 Å². The molecule has 0 saturated carbocycles. The third kappa shape index (κ3) is 4.64. The van der Waals surface area contributed by atoms with Crippen LogP contribution < -0.4 is 0 Å². The number of allylic oxidation sites excluding steroid dienone is 1. The third-order valence-corrected chi connectivity index (χ3v) is 7.29. The Morgan fingerprint density at radius 1 is 1.24 bits per heavy atom. The Hall–Kier alpha value is -2.44. The molecule has 33 heavy (non-hydrogen) atoms. The molecule has 2 fully saturated rings. The van der Waals surface area contributed by atoms with Crippen LogP contribution in [0.4, 0.5) is 0 Å². The van der Waals surface area contributed by atoms with Crippen LogP contribution in [0.2, 0.25) is 0 Å². The number of fused-ring (bicyclic) bond motifs is 3. The molecular formula is C27H35NO5. The van der Waals surface area contributed by atoms with Gasteiger partial charge in [0.2, 0.25) is 11.8 Å². The van der Waals surface area contributed by atoms with Crippen molar-refractivity contribution in [1.82, 2.24) is 4.90 Å². The number of phenolic OH excluding ortho intramolecular Hbond substituents is 1. The van der Waals surface area contributed by atoms with E-state index in [1.54, 1.807) is 19.2 Å². The lowest BCUT2D eigenvalue weighted by Crippen LogP contribution is -2.35. The second-order valence-corrected chi connectivity index (χ2v) is 9.37. The number of phenols is 1. The lowest BCUT2D eigenvalue weighted by Gasteiger charge is -2.31. The Morgan fingerprint density at radius 3 is 2.76 bits per heavy atom. The molecule has 6 nitrogen and oxygen atoms in total. The normalized spacial score (nSPS) is 27.4. The van der Waals surface area contributed by atoms with Gasteiger partial charge in [-0.15, -0.1) is 0 Å². The second-order valence-electron chi connectivity index (χ2n) is 9.37. The van der Waals surface area contributed by atoms with Gasteiger partial charge in [-0.25, -0.2) is 0 Å². The maximum Gasteiger partial charge on any atom is 0.233 e. The molecule has 6 heteroatoms. The van der Waals surface area contributed by atoms with Crippen molar-refractivity contribution in [1.29, 1.82) is 0 Å². The fourth-order valence-corrected chi connectivity index (χ4v) is 5.81. The molecule has 0 bridgehead atoms. The summed E-state index contributed by atoms with van der Waals surface area (Å²) in [6, 6.07) is 7.28. The first kappa shape index (κ1) is 23.7. The van der Waals surface area contributed by atoms with E-state index in [1.165, 1.54) is 16.0 Å². The predicted octanol–water partition coefficient (Wildman–Crippen LogP) is 4.34. The van der Waals surface area contributed by atoms with Crippen molar-refractivity contribution in [3.63, 3.8) is 0 Å². The summed E-state index contributed by atoms with van der Waals surface area (Å²) >= 11 is 0. The minimum atomic E-state index is -0.293. The van der Waals surface area contributed by atoms with Crippen molar-refractivity contribution in [3.05, 3.63) is 46.5 Å². The molecular weight excluding hydrogens is 418 g/mol. The van der Waals surface area contributed by atoms with Gasteiger partial charge < -0.3 is 14.6 Å². The highest BCUT2D eigenvalue weighted by Gasteiger charge is 2.56. The van der Waals surface area contributed by atoms with E-state index >= 15 is 0 Å². The molecule has 178 valence electrons. The molecule has 4 atom stereocenters. The van der Waals surface area contributed by atoms with Crippen molar-refractivity contribution in [2.75, 3.05) is 26.9 Å². The van der Waals surface area contributed by atoms with Gasteiger partial charge in [0, 0.05) is 19.6 Å². The Labute approximate surface area is 196 Å². The van der Waals surface area contributed by atoms with E-state index in [9.17, 15) is 14.7 Å². The molecule has 3 aliphatic rings. The summed E-state index contributed by atoms with van der Waals surface area (Å²) in [5, 5.41) is 9.76. The van der Waals surface area contributed by atoms with Crippen LogP contribution in [0.1, 0.15) is 51.5 Å². The van der Waals surface area contributed by atoms with Crippen LogP contribution in [0.3, 0.4) is 0 Å². The minimum absolute atomic E-state index is 0.0203. The molecule has 1 aromatic rings. The van der Waals surface area contributed by atoms with E-state index < -0.39 is 0 Å². The number of amides is 2. The van der Waals surface area contributed by atoms with Crippen LogP contribution in [-0.2, 0) is 19.1 Å². The van der Waals surface area contributed by atoms with Crippen LogP contribution in [-0.4, -0.2) is 54.8 Å². The Bertz CT molecular complexity index is 965. The fourth-order valence-electron chi connectivity index (χ4n) is 5.81. The van der Waals surface area contributed by atoms with Crippen LogP contribution >= 0.6 is 0 Å². The molecule has 0 spiro atoms. The monoisotopic (exact) mass is 453 g/mol. The number of carbonyl (C=O) groups excluding carboxylic acids is 2. The van der Waals surface area contributed by atoms with Gasteiger partial charge in [0.05, 0.1) is 31.2 Å². The molecule has 2 heterocycles. The highest BCUT2D eigenvalue weighted by molar-refractivity contribution is 6.05. The number of aromatic hydroxyl groups is 1. The van der Waals surface area contributed by atoms with Gasteiger partial charge in [-0.3, -0.25) is 14.5 Å². The number of methoxy groups -OCH3 is 1. The molecule has 0 aromatic heterocycles. The molecule has 2 saturated heterocycles. The van der Waals surface area contributed by atoms with E-state index in [0.717, 1.165) is 36.8 Å². The van der Waals surface area contributed by atoms with E-state index in [1.807, 2.05) is 19.1 Å². The number of nitrogens with zero attached hydrogens (tertiary/aromatic N) is 1. The molecule has 4 rings (SSSR count). The lowest BCUT2D eigenvalue weighted by molar-refractivity contribution is -0.140. The van der Waals surface area contributed by atoms with E-state index in [-0.39, 0.29) is 41.4 Å². The molecule has 1 N–H and O–H groups in total. The van der Waals surface area contributed by atoms with Crippen molar-refractivity contribution in [2.45, 2.75) is 52.1 Å². The average molecular weight is 454 g/mol. The number of carbonyl (C=O) groups is 2. The Balaban J connectivity index is 1.54. The van der Waals surface area contributed by atoms with Gasteiger partial charge in [-0.1, -0.05) is 37.6 Å². The minimum Gasteiger partial charge on any atom is -0.508 e. The summed E-state index contributed by atoms with van der Waals surface area (Å²) < 4.78 is 11.8. The lowest BCUT2D eigenvalue weighted by atomic mass is 9.69. The topological polar surface area (TPSA) is 76.1 Å². The summed E-state index contributed by atoms with van der Waals surface area (Å²) in [6.45, 7) is 5.59. The Morgan fingerprint density at radius 2 is 2.06 bits per heavy atom. The van der Waals surface area contributed by atoms with Crippen molar-refractivity contribution in [2.24, 2.45) is 17.8 Å². The number of imide groups is 1. The SMILES string of the molecule is CCCN1C(=O)[C@@H]2[C@@H](CC(COC)=C3[C@@H](CC/C(=C/c4cccc(O)c4)CC)OC[C@@H]32)C1=O. The number of hydrogen-bond acceptors (Lipinski definition) is 5. The summed E-state index contributed by atoms with van der Waals surface area (Å²) in [4.78, 5) is 27.6. The van der Waals surface area contributed by atoms with Gasteiger partial charge in [-0.05, 0) is 60.9 Å². The standard InChI is InChI=1S/C27H35NO5/c1-4-11-28-26(30)21-14-19(15-32-3)24-22(25(21)27(28)31)16-33-23(24)10-9-17(5-2)12-18-7-6-8-20(29)13-18/h6-8,12-13,21-23,25,29H,4-5,9-11,14-16H2,1-3H3/b17-12+/t21-,22+,23-,25-/m1/s1. The predicted molar refractivity (Wildman–Crippen MR) is 126 cm³/mol. The van der Waals surface area contributed by atoms with Crippen molar-refractivity contribution < 1.29 is 24.2 Å². The highest BCUT2D eigenvalue weighted by Crippen LogP contribution is 2.49. The zero-order valence-electron chi connectivity index (χ0n) is 19.9. The molecule has 0 unspecified atom stereocenters. The number of benzene rings is 1. The largest absolute Gasteiger partial charge is 0.508 e. The fraction of sp³-hybridized carbons (Fsp3) is 0.556. The quantitative estimate of drug-likeness (QED) is 0.445.